The van der Waals surface area contributed by atoms with Crippen molar-refractivity contribution < 1.29 is 17.9 Å². The van der Waals surface area contributed by atoms with Gasteiger partial charge < -0.3 is 5.11 Å². The molecule has 0 radical (unpaired) electrons. The van der Waals surface area contributed by atoms with E-state index in [1.807, 2.05) is 44.2 Å². The fourth-order valence-electron chi connectivity index (χ4n) is 4.10. The van der Waals surface area contributed by atoms with E-state index < -0.39 is 38.0 Å². The Bertz CT molecular complexity index is 1540. The third-order valence-corrected chi connectivity index (χ3v) is 7.82. The Kier molecular flexibility index (Phi) is 7.30. The summed E-state index contributed by atoms with van der Waals surface area (Å²) >= 11 is 0. The van der Waals surface area contributed by atoms with Gasteiger partial charge in [0.25, 0.3) is 5.56 Å². The molecule has 186 valence electrons. The van der Waals surface area contributed by atoms with Crippen LogP contribution in [0, 0.1) is 5.82 Å². The van der Waals surface area contributed by atoms with Crippen molar-refractivity contribution in [3.63, 3.8) is 0 Å². The number of aryl methyl sites for hydroxylation is 1. The van der Waals surface area contributed by atoms with Crippen molar-refractivity contribution in [3.05, 3.63) is 101 Å². The van der Waals surface area contributed by atoms with Gasteiger partial charge >= 0.3 is 0 Å². The molecule has 1 N–H and O–H groups in total. The van der Waals surface area contributed by atoms with Gasteiger partial charge in [0, 0.05) is 18.2 Å². The van der Waals surface area contributed by atoms with E-state index >= 15 is 0 Å². The molecule has 0 saturated heterocycles. The van der Waals surface area contributed by atoms with Gasteiger partial charge in [-0.25, -0.2) is 12.8 Å². The fourth-order valence-corrected chi connectivity index (χ4v) is 5.44. The molecule has 4 rings (SSSR count). The molecule has 0 amide bonds. The van der Waals surface area contributed by atoms with Crippen LogP contribution in [0.25, 0.3) is 11.1 Å². The molecular formula is C27H26FN3O4S. The summed E-state index contributed by atoms with van der Waals surface area (Å²) in [5.41, 5.74) is 0.844. The lowest BCUT2D eigenvalue weighted by atomic mass is 10.1. The molecule has 0 aliphatic heterocycles. The molecule has 2 aromatic heterocycles. The number of halogens is 1. The Morgan fingerprint density at radius 1 is 1.03 bits per heavy atom. The van der Waals surface area contributed by atoms with Crippen LogP contribution in [0.15, 0.2) is 87.6 Å². The number of rotatable bonds is 8. The molecule has 0 aliphatic rings. The summed E-state index contributed by atoms with van der Waals surface area (Å²) in [5.74, 6) is -0.837. The monoisotopic (exact) mass is 507 g/mol. The number of benzene rings is 2. The van der Waals surface area contributed by atoms with Gasteiger partial charge in [-0.05, 0) is 42.7 Å². The van der Waals surface area contributed by atoms with Crippen molar-refractivity contribution in [2.75, 3.05) is 0 Å². The molecule has 1 atom stereocenters. The van der Waals surface area contributed by atoms with Crippen LogP contribution < -0.4 is 5.56 Å². The van der Waals surface area contributed by atoms with Crippen molar-refractivity contribution in [1.29, 1.82) is 0 Å². The van der Waals surface area contributed by atoms with Gasteiger partial charge in [0.05, 0.1) is 17.1 Å². The smallest absolute Gasteiger partial charge is 0.296 e. The maximum Gasteiger partial charge on any atom is 0.296 e. The number of nitrogens with zero attached hydrogens (tertiary/aromatic N) is 3. The second-order valence-corrected chi connectivity index (χ2v) is 10.4. The highest BCUT2D eigenvalue weighted by Crippen LogP contribution is 2.32. The van der Waals surface area contributed by atoms with Gasteiger partial charge in [0.2, 0.25) is 15.7 Å². The Balaban J connectivity index is 1.83. The molecule has 9 heteroatoms. The molecule has 0 saturated carbocycles. The summed E-state index contributed by atoms with van der Waals surface area (Å²) in [6, 6.07) is 15.7. The average Bonchev–Trinajstić information content (AvgIpc) is 2.87. The predicted octanol–water partition coefficient (Wildman–Crippen LogP) is 4.93. The van der Waals surface area contributed by atoms with E-state index in [2.05, 4.69) is 9.97 Å². The first kappa shape index (κ1) is 25.2. The summed E-state index contributed by atoms with van der Waals surface area (Å²) in [6.45, 7) is 3.81. The van der Waals surface area contributed by atoms with E-state index in [9.17, 15) is 22.7 Å². The molecule has 7 nitrogen and oxygen atoms in total. The van der Waals surface area contributed by atoms with Gasteiger partial charge in [-0.3, -0.25) is 14.3 Å². The molecule has 0 fully saturated rings. The van der Waals surface area contributed by atoms with Crippen LogP contribution in [0.4, 0.5) is 4.39 Å². The van der Waals surface area contributed by atoms with Crippen LogP contribution in [0.2, 0.25) is 0 Å². The number of sulfone groups is 1. The second-order valence-electron chi connectivity index (χ2n) is 8.47. The molecule has 0 bridgehead atoms. The van der Waals surface area contributed by atoms with Crippen LogP contribution in [0.3, 0.4) is 0 Å². The lowest BCUT2D eigenvalue weighted by molar-refractivity contribution is 0.369. The third kappa shape index (κ3) is 4.92. The maximum atomic E-state index is 13.5. The number of hydrogen-bond donors (Lipinski definition) is 1. The minimum Gasteiger partial charge on any atom is -0.493 e. The normalized spacial score (nSPS) is 12.4. The SMILES string of the molecule is CCCCc1nc(=O)c(S(=O)(=O)c2ccc(-c3cncc(F)c3)cc2)c(O)n1[C@H](C)c1ccccc1. The van der Waals surface area contributed by atoms with Crippen molar-refractivity contribution in [2.45, 2.75) is 48.9 Å². The van der Waals surface area contributed by atoms with Crippen molar-refractivity contribution >= 4 is 9.84 Å². The van der Waals surface area contributed by atoms with Gasteiger partial charge in [-0.1, -0.05) is 55.8 Å². The van der Waals surface area contributed by atoms with E-state index in [1.165, 1.54) is 41.1 Å². The van der Waals surface area contributed by atoms with Crippen LogP contribution in [-0.2, 0) is 16.3 Å². The molecule has 36 heavy (non-hydrogen) atoms. The first-order chi connectivity index (χ1) is 17.2. The highest BCUT2D eigenvalue weighted by molar-refractivity contribution is 7.91. The van der Waals surface area contributed by atoms with Gasteiger partial charge in [0.1, 0.15) is 11.6 Å². The molecule has 0 spiro atoms. The maximum absolute atomic E-state index is 13.5. The number of unbranched alkanes of at least 4 members (excludes halogenated alkanes) is 1. The van der Waals surface area contributed by atoms with E-state index in [0.717, 1.165) is 24.6 Å². The average molecular weight is 508 g/mol. The van der Waals surface area contributed by atoms with Crippen LogP contribution >= 0.6 is 0 Å². The zero-order valence-electron chi connectivity index (χ0n) is 19.9. The highest BCUT2D eigenvalue weighted by atomic mass is 32.2. The van der Waals surface area contributed by atoms with Crippen LogP contribution in [0.1, 0.15) is 44.1 Å². The van der Waals surface area contributed by atoms with Crippen molar-refractivity contribution in [1.82, 2.24) is 14.5 Å². The van der Waals surface area contributed by atoms with Gasteiger partial charge in [-0.15, -0.1) is 0 Å². The van der Waals surface area contributed by atoms with E-state index in [0.29, 0.717) is 23.4 Å². The first-order valence-electron chi connectivity index (χ1n) is 11.6. The predicted molar refractivity (Wildman–Crippen MR) is 134 cm³/mol. The van der Waals surface area contributed by atoms with E-state index in [1.54, 1.807) is 0 Å². The summed E-state index contributed by atoms with van der Waals surface area (Å²) in [6.07, 6.45) is 4.50. The van der Waals surface area contributed by atoms with E-state index in [4.69, 9.17) is 0 Å². The Morgan fingerprint density at radius 2 is 1.72 bits per heavy atom. The topological polar surface area (TPSA) is 102 Å². The Labute approximate surface area is 208 Å². The summed E-state index contributed by atoms with van der Waals surface area (Å²) < 4.78 is 42.0. The zero-order valence-corrected chi connectivity index (χ0v) is 20.7. The molecule has 4 aromatic rings. The number of aromatic hydroxyl groups is 1. The lowest BCUT2D eigenvalue weighted by Gasteiger charge is -2.23. The van der Waals surface area contributed by atoms with Crippen molar-refractivity contribution in [3.8, 4) is 17.0 Å². The van der Waals surface area contributed by atoms with Crippen molar-refractivity contribution in [2.24, 2.45) is 0 Å². The van der Waals surface area contributed by atoms with E-state index in [-0.39, 0.29) is 4.90 Å². The molecule has 2 heterocycles. The standard InChI is InChI=1S/C27H26FN3O4S/c1-3-4-10-24-30-26(32)25(27(33)31(24)18(2)19-8-6-5-7-9-19)36(34,35)23-13-11-20(12-14-23)21-15-22(28)17-29-16-21/h5-9,11-18,33H,3-4,10H2,1-2H3/t18-/m1/s1. The lowest BCUT2D eigenvalue weighted by Crippen LogP contribution is -2.27. The molecular weight excluding hydrogens is 481 g/mol. The molecule has 2 aromatic carbocycles. The zero-order chi connectivity index (χ0) is 25.9. The first-order valence-corrected chi connectivity index (χ1v) is 13.1. The Hall–Kier alpha value is -3.85. The van der Waals surface area contributed by atoms with Gasteiger partial charge in [0.15, 0.2) is 4.90 Å². The second kappa shape index (κ2) is 10.4. The molecule has 0 unspecified atom stereocenters. The highest BCUT2D eigenvalue weighted by Gasteiger charge is 2.31. The molecule has 0 aliphatic carbocycles. The van der Waals surface area contributed by atoms with Gasteiger partial charge in [-0.2, -0.15) is 4.98 Å². The summed E-state index contributed by atoms with van der Waals surface area (Å²) in [5, 5.41) is 11.2. The fraction of sp³-hybridized carbons (Fsp3) is 0.222. The van der Waals surface area contributed by atoms with Crippen LogP contribution in [0.5, 0.6) is 5.88 Å². The number of aromatic nitrogens is 3. The van der Waals surface area contributed by atoms with Crippen LogP contribution in [-0.4, -0.2) is 28.1 Å². The minimum absolute atomic E-state index is 0.190. The largest absolute Gasteiger partial charge is 0.493 e. The summed E-state index contributed by atoms with van der Waals surface area (Å²) in [7, 11) is -4.42. The third-order valence-electron chi connectivity index (χ3n) is 6.03. The number of hydrogen-bond acceptors (Lipinski definition) is 6. The quantitative estimate of drug-likeness (QED) is 0.363. The summed E-state index contributed by atoms with van der Waals surface area (Å²) in [4.78, 5) is 19.9. The number of pyridine rings is 1. The minimum atomic E-state index is -4.42. The Morgan fingerprint density at radius 3 is 2.36 bits per heavy atom.